The van der Waals surface area contributed by atoms with E-state index in [4.69, 9.17) is 10.5 Å². The molecule has 2 fully saturated rings. The molecule has 2 aliphatic rings. The quantitative estimate of drug-likeness (QED) is 0.849. The molecule has 0 spiro atoms. The van der Waals surface area contributed by atoms with E-state index in [0.29, 0.717) is 6.10 Å². The first-order chi connectivity index (χ1) is 9.31. The minimum atomic E-state index is 0.330. The van der Waals surface area contributed by atoms with Crippen molar-refractivity contribution < 1.29 is 4.74 Å². The van der Waals surface area contributed by atoms with Gasteiger partial charge in [0.2, 0.25) is 0 Å². The summed E-state index contributed by atoms with van der Waals surface area (Å²) in [5, 5.41) is 0. The number of nitrogens with zero attached hydrogens (tertiary/aromatic N) is 1. The molecule has 2 N–H and O–H groups in total. The minimum Gasteiger partial charge on any atom is -0.489 e. The molecule has 0 amide bonds. The number of rotatable bonds is 3. The van der Waals surface area contributed by atoms with Gasteiger partial charge in [-0.05, 0) is 44.4 Å². The Morgan fingerprint density at radius 2 is 1.95 bits per heavy atom. The molecule has 0 radical (unpaired) electrons. The highest BCUT2D eigenvalue weighted by Crippen LogP contribution is 2.27. The summed E-state index contributed by atoms with van der Waals surface area (Å²) >= 11 is 0. The second-order valence-corrected chi connectivity index (χ2v) is 5.89. The third kappa shape index (κ3) is 3.21. The maximum Gasteiger partial charge on any atom is 0.121 e. The fourth-order valence-electron chi connectivity index (χ4n) is 3.44. The highest BCUT2D eigenvalue weighted by atomic mass is 16.5. The maximum absolute atomic E-state index is 6.10. The van der Waals surface area contributed by atoms with Gasteiger partial charge in [0, 0.05) is 24.3 Å². The Kier molecular flexibility index (Phi) is 3.92. The van der Waals surface area contributed by atoms with E-state index in [9.17, 15) is 0 Å². The van der Waals surface area contributed by atoms with Gasteiger partial charge >= 0.3 is 0 Å². The van der Waals surface area contributed by atoms with Gasteiger partial charge < -0.3 is 10.5 Å². The summed E-state index contributed by atoms with van der Waals surface area (Å²) in [7, 11) is 0. The standard InChI is InChI=1S/C16H24N2O/c17-13-5-3-8-15(11-13)19-16-9-4-10-18(12-16)14-6-1-2-7-14/h3,5,8,11,14,16H,1-2,4,6-7,9-10,12,17H2. The third-order valence-electron chi connectivity index (χ3n) is 4.41. The van der Waals surface area contributed by atoms with Gasteiger partial charge in [0.1, 0.15) is 11.9 Å². The minimum absolute atomic E-state index is 0.330. The monoisotopic (exact) mass is 260 g/mol. The van der Waals surface area contributed by atoms with Gasteiger partial charge in [-0.3, -0.25) is 4.90 Å². The number of nitrogens with two attached hydrogens (primary N) is 1. The Bertz CT molecular complexity index is 415. The van der Waals surface area contributed by atoms with Crippen molar-refractivity contribution in [1.82, 2.24) is 4.90 Å². The van der Waals surface area contributed by atoms with Crippen LogP contribution in [0.5, 0.6) is 5.75 Å². The van der Waals surface area contributed by atoms with Gasteiger partial charge in [-0.25, -0.2) is 0 Å². The van der Waals surface area contributed by atoms with Crippen LogP contribution in [0.4, 0.5) is 5.69 Å². The maximum atomic E-state index is 6.10. The van der Waals surface area contributed by atoms with Gasteiger partial charge in [0.15, 0.2) is 0 Å². The topological polar surface area (TPSA) is 38.5 Å². The van der Waals surface area contributed by atoms with E-state index in [1.54, 1.807) is 0 Å². The largest absolute Gasteiger partial charge is 0.489 e. The summed E-state index contributed by atoms with van der Waals surface area (Å²) in [6.07, 6.45) is 8.32. The van der Waals surface area contributed by atoms with E-state index >= 15 is 0 Å². The third-order valence-corrected chi connectivity index (χ3v) is 4.41. The Morgan fingerprint density at radius 3 is 2.74 bits per heavy atom. The van der Waals surface area contributed by atoms with E-state index in [2.05, 4.69) is 4.90 Å². The average molecular weight is 260 g/mol. The van der Waals surface area contributed by atoms with Crippen LogP contribution >= 0.6 is 0 Å². The molecule has 19 heavy (non-hydrogen) atoms. The Hall–Kier alpha value is -1.22. The van der Waals surface area contributed by atoms with Crippen molar-refractivity contribution in [3.05, 3.63) is 24.3 Å². The molecular weight excluding hydrogens is 236 g/mol. The first kappa shape index (κ1) is 12.8. The molecule has 1 saturated carbocycles. The molecular formula is C16H24N2O. The molecule has 0 aromatic heterocycles. The molecule has 104 valence electrons. The number of ether oxygens (including phenoxy) is 1. The lowest BCUT2D eigenvalue weighted by Crippen LogP contribution is -2.45. The van der Waals surface area contributed by atoms with Crippen LogP contribution < -0.4 is 10.5 Å². The van der Waals surface area contributed by atoms with Crippen LogP contribution in [-0.2, 0) is 0 Å². The number of benzene rings is 1. The van der Waals surface area contributed by atoms with Crippen LogP contribution in [-0.4, -0.2) is 30.1 Å². The van der Waals surface area contributed by atoms with Crippen LogP contribution in [0.3, 0.4) is 0 Å². The number of piperidine rings is 1. The zero-order valence-corrected chi connectivity index (χ0v) is 11.6. The second-order valence-electron chi connectivity index (χ2n) is 5.89. The summed E-state index contributed by atoms with van der Waals surface area (Å²) in [6, 6.07) is 8.60. The lowest BCUT2D eigenvalue weighted by atomic mass is 10.0. The molecule has 3 nitrogen and oxygen atoms in total. The van der Waals surface area contributed by atoms with E-state index in [1.165, 1.54) is 38.6 Å². The van der Waals surface area contributed by atoms with Gasteiger partial charge in [-0.1, -0.05) is 18.9 Å². The number of hydrogen-bond acceptors (Lipinski definition) is 3. The van der Waals surface area contributed by atoms with E-state index < -0.39 is 0 Å². The van der Waals surface area contributed by atoms with Crippen LogP contribution in [0.15, 0.2) is 24.3 Å². The molecule has 1 aliphatic carbocycles. The SMILES string of the molecule is Nc1cccc(OC2CCCN(C3CCCC3)C2)c1. The van der Waals surface area contributed by atoms with Crippen molar-refractivity contribution >= 4 is 5.69 Å². The molecule has 1 unspecified atom stereocenters. The Morgan fingerprint density at radius 1 is 1.11 bits per heavy atom. The highest BCUT2D eigenvalue weighted by molar-refractivity contribution is 5.43. The lowest BCUT2D eigenvalue weighted by Gasteiger charge is -2.36. The predicted octanol–water partition coefficient (Wildman–Crippen LogP) is 3.05. The molecule has 3 rings (SSSR count). The molecule has 1 atom stereocenters. The first-order valence-corrected chi connectivity index (χ1v) is 7.57. The lowest BCUT2D eigenvalue weighted by molar-refractivity contribution is 0.0630. The van der Waals surface area contributed by atoms with Gasteiger partial charge in [-0.2, -0.15) is 0 Å². The summed E-state index contributed by atoms with van der Waals surface area (Å²) < 4.78 is 6.10. The zero-order valence-electron chi connectivity index (χ0n) is 11.6. The fourth-order valence-corrected chi connectivity index (χ4v) is 3.44. The molecule has 1 aromatic carbocycles. The number of likely N-dealkylation sites (tertiary alicyclic amines) is 1. The van der Waals surface area contributed by atoms with Crippen LogP contribution in [0, 0.1) is 0 Å². The van der Waals surface area contributed by atoms with Crippen molar-refractivity contribution in [3.63, 3.8) is 0 Å². The average Bonchev–Trinajstić information content (AvgIpc) is 2.93. The zero-order chi connectivity index (χ0) is 13.1. The molecule has 1 aliphatic heterocycles. The van der Waals surface area contributed by atoms with E-state index in [1.807, 2.05) is 24.3 Å². The Balaban J connectivity index is 1.58. The smallest absolute Gasteiger partial charge is 0.121 e. The van der Waals surface area contributed by atoms with Crippen molar-refractivity contribution in [2.45, 2.75) is 50.7 Å². The van der Waals surface area contributed by atoms with Crippen molar-refractivity contribution in [2.75, 3.05) is 18.8 Å². The summed E-state index contributed by atoms with van der Waals surface area (Å²) in [6.45, 7) is 2.33. The van der Waals surface area contributed by atoms with Crippen molar-refractivity contribution in [2.24, 2.45) is 0 Å². The molecule has 1 saturated heterocycles. The fraction of sp³-hybridized carbons (Fsp3) is 0.625. The van der Waals surface area contributed by atoms with Crippen molar-refractivity contribution in [1.29, 1.82) is 0 Å². The van der Waals surface area contributed by atoms with E-state index in [0.717, 1.165) is 30.4 Å². The number of nitrogen functional groups attached to an aromatic ring is 1. The molecule has 1 heterocycles. The van der Waals surface area contributed by atoms with E-state index in [-0.39, 0.29) is 0 Å². The molecule has 0 bridgehead atoms. The normalized spacial score (nSPS) is 25.6. The van der Waals surface area contributed by atoms with Gasteiger partial charge in [-0.15, -0.1) is 0 Å². The predicted molar refractivity (Wildman–Crippen MR) is 78.3 cm³/mol. The van der Waals surface area contributed by atoms with Gasteiger partial charge in [0.25, 0.3) is 0 Å². The van der Waals surface area contributed by atoms with Crippen LogP contribution in [0.2, 0.25) is 0 Å². The Labute approximate surface area is 115 Å². The van der Waals surface area contributed by atoms with Crippen LogP contribution in [0.25, 0.3) is 0 Å². The number of hydrogen-bond donors (Lipinski definition) is 1. The summed E-state index contributed by atoms with van der Waals surface area (Å²) in [5.41, 5.74) is 6.58. The summed E-state index contributed by atoms with van der Waals surface area (Å²) in [4.78, 5) is 2.65. The van der Waals surface area contributed by atoms with Crippen LogP contribution in [0.1, 0.15) is 38.5 Å². The van der Waals surface area contributed by atoms with Crippen molar-refractivity contribution in [3.8, 4) is 5.75 Å². The van der Waals surface area contributed by atoms with Gasteiger partial charge in [0.05, 0.1) is 0 Å². The highest BCUT2D eigenvalue weighted by Gasteiger charge is 2.28. The first-order valence-electron chi connectivity index (χ1n) is 7.57. The summed E-state index contributed by atoms with van der Waals surface area (Å²) in [5.74, 6) is 0.915. The number of anilines is 1. The second kappa shape index (κ2) is 5.83. The molecule has 1 aromatic rings. The molecule has 3 heteroatoms.